The number of benzene rings is 1. The summed E-state index contributed by atoms with van der Waals surface area (Å²) in [4.78, 5) is 35.1. The molecule has 0 aliphatic rings. The maximum absolute atomic E-state index is 13.8. The van der Waals surface area contributed by atoms with Gasteiger partial charge in [0.25, 0.3) is 5.91 Å². The second kappa shape index (κ2) is 8.08. The predicted octanol–water partition coefficient (Wildman–Crippen LogP) is 0.957. The number of hydrogen-bond donors (Lipinski definition) is 2. The Balaban J connectivity index is 3.05. The minimum absolute atomic E-state index is 0.00539. The van der Waals surface area contributed by atoms with Crippen molar-refractivity contribution < 1.29 is 28.6 Å². The van der Waals surface area contributed by atoms with E-state index in [1.165, 1.54) is 26.2 Å². The molecule has 0 aromatic heterocycles. The molecular weight excluding hydrogens is 295 g/mol. The van der Waals surface area contributed by atoms with Crippen LogP contribution in [0, 0.1) is 5.82 Å². The first-order valence-electron chi connectivity index (χ1n) is 6.42. The summed E-state index contributed by atoms with van der Waals surface area (Å²) in [5.74, 6) is -3.18. The number of amides is 2. The molecule has 2 N–H and O–H groups in total. The van der Waals surface area contributed by atoms with Crippen LogP contribution < -0.4 is 5.32 Å². The van der Waals surface area contributed by atoms with Gasteiger partial charge >= 0.3 is 5.97 Å². The number of nitrogens with zero attached hydrogens (tertiary/aromatic N) is 1. The highest BCUT2D eigenvalue weighted by molar-refractivity contribution is 5.98. The zero-order chi connectivity index (χ0) is 16.7. The van der Waals surface area contributed by atoms with E-state index in [1.807, 2.05) is 0 Å². The molecule has 0 radical (unpaired) electrons. The van der Waals surface area contributed by atoms with Gasteiger partial charge in [0.15, 0.2) is 0 Å². The SMILES string of the molecule is COCCN(CC(=O)O)C(=O)c1cc(NC(C)=O)ccc1F. The van der Waals surface area contributed by atoms with Crippen molar-refractivity contribution in [3.63, 3.8) is 0 Å². The number of carbonyl (C=O) groups excluding carboxylic acids is 2. The Kier molecular flexibility index (Phi) is 6.46. The summed E-state index contributed by atoms with van der Waals surface area (Å²) >= 11 is 0. The molecule has 0 aliphatic carbocycles. The fourth-order valence-corrected chi connectivity index (χ4v) is 1.76. The van der Waals surface area contributed by atoms with Crippen LogP contribution in [0.2, 0.25) is 0 Å². The minimum atomic E-state index is -1.22. The molecule has 7 nitrogen and oxygen atoms in total. The highest BCUT2D eigenvalue weighted by Crippen LogP contribution is 2.17. The van der Waals surface area contributed by atoms with Crippen LogP contribution in [0.5, 0.6) is 0 Å². The van der Waals surface area contributed by atoms with Gasteiger partial charge in [0.05, 0.1) is 12.2 Å². The average Bonchev–Trinajstić information content (AvgIpc) is 2.44. The minimum Gasteiger partial charge on any atom is -0.480 e. The summed E-state index contributed by atoms with van der Waals surface area (Å²) in [6.45, 7) is 0.823. The molecule has 22 heavy (non-hydrogen) atoms. The van der Waals surface area contributed by atoms with Gasteiger partial charge in [-0.05, 0) is 18.2 Å². The van der Waals surface area contributed by atoms with Crippen LogP contribution in [0.1, 0.15) is 17.3 Å². The van der Waals surface area contributed by atoms with E-state index in [0.29, 0.717) is 0 Å². The van der Waals surface area contributed by atoms with Gasteiger partial charge in [-0.15, -0.1) is 0 Å². The van der Waals surface area contributed by atoms with Crippen LogP contribution in [-0.2, 0) is 14.3 Å². The number of aliphatic carboxylic acids is 1. The third kappa shape index (κ3) is 5.13. The van der Waals surface area contributed by atoms with Crippen LogP contribution in [0.4, 0.5) is 10.1 Å². The zero-order valence-corrected chi connectivity index (χ0v) is 12.3. The number of anilines is 1. The van der Waals surface area contributed by atoms with E-state index in [1.54, 1.807) is 0 Å². The maximum Gasteiger partial charge on any atom is 0.323 e. The lowest BCUT2D eigenvalue weighted by molar-refractivity contribution is -0.137. The molecule has 1 aromatic rings. The number of rotatable bonds is 7. The third-order valence-electron chi connectivity index (χ3n) is 2.70. The molecule has 120 valence electrons. The second-order valence-corrected chi connectivity index (χ2v) is 4.49. The molecule has 2 amide bonds. The molecule has 0 heterocycles. The van der Waals surface area contributed by atoms with Crippen LogP contribution in [0.3, 0.4) is 0 Å². The van der Waals surface area contributed by atoms with Crippen molar-refractivity contribution in [1.29, 1.82) is 0 Å². The first kappa shape index (κ1) is 17.6. The molecule has 0 fully saturated rings. The summed E-state index contributed by atoms with van der Waals surface area (Å²) in [6, 6.07) is 3.51. The number of ether oxygens (including phenoxy) is 1. The van der Waals surface area contributed by atoms with E-state index in [4.69, 9.17) is 9.84 Å². The first-order valence-corrected chi connectivity index (χ1v) is 6.42. The summed E-state index contributed by atoms with van der Waals surface area (Å²) in [7, 11) is 1.40. The summed E-state index contributed by atoms with van der Waals surface area (Å²) in [5, 5.41) is 11.3. The number of carboxylic acids is 1. The Morgan fingerprint density at radius 3 is 2.59 bits per heavy atom. The number of nitrogens with one attached hydrogen (secondary N) is 1. The van der Waals surface area contributed by atoms with Crippen molar-refractivity contribution in [2.24, 2.45) is 0 Å². The fourth-order valence-electron chi connectivity index (χ4n) is 1.76. The zero-order valence-electron chi connectivity index (χ0n) is 12.3. The number of methoxy groups -OCH3 is 1. The monoisotopic (exact) mass is 312 g/mol. The highest BCUT2D eigenvalue weighted by atomic mass is 19.1. The topological polar surface area (TPSA) is 95.9 Å². The van der Waals surface area contributed by atoms with Gasteiger partial charge < -0.3 is 20.1 Å². The van der Waals surface area contributed by atoms with E-state index in [2.05, 4.69) is 5.32 Å². The lowest BCUT2D eigenvalue weighted by Gasteiger charge is -2.21. The van der Waals surface area contributed by atoms with Crippen molar-refractivity contribution >= 4 is 23.5 Å². The summed E-state index contributed by atoms with van der Waals surface area (Å²) in [6.07, 6.45) is 0. The van der Waals surface area contributed by atoms with Crippen molar-refractivity contribution in [3.05, 3.63) is 29.6 Å². The third-order valence-corrected chi connectivity index (χ3v) is 2.70. The fraction of sp³-hybridized carbons (Fsp3) is 0.357. The van der Waals surface area contributed by atoms with E-state index in [-0.39, 0.29) is 30.3 Å². The molecular formula is C14H17FN2O5. The summed E-state index contributed by atoms with van der Waals surface area (Å²) in [5.41, 5.74) is -0.0668. The number of halogens is 1. The van der Waals surface area contributed by atoms with E-state index in [0.717, 1.165) is 11.0 Å². The molecule has 1 rings (SSSR count). The quantitative estimate of drug-likeness (QED) is 0.781. The van der Waals surface area contributed by atoms with Crippen molar-refractivity contribution in [3.8, 4) is 0 Å². The molecule has 1 aromatic carbocycles. The van der Waals surface area contributed by atoms with Gasteiger partial charge in [-0.2, -0.15) is 0 Å². The Morgan fingerprint density at radius 1 is 1.36 bits per heavy atom. The van der Waals surface area contributed by atoms with Gasteiger partial charge in [-0.3, -0.25) is 14.4 Å². The lowest BCUT2D eigenvalue weighted by Crippen LogP contribution is -2.38. The van der Waals surface area contributed by atoms with Gasteiger partial charge in [-0.1, -0.05) is 0 Å². The molecule has 0 spiro atoms. The maximum atomic E-state index is 13.8. The van der Waals surface area contributed by atoms with Crippen LogP contribution >= 0.6 is 0 Å². The smallest absolute Gasteiger partial charge is 0.323 e. The Labute approximate surface area is 126 Å². The predicted molar refractivity (Wildman–Crippen MR) is 76.1 cm³/mol. The standard InChI is InChI=1S/C14H17FN2O5/c1-9(18)16-10-3-4-12(15)11(7-10)14(21)17(5-6-22-2)8-13(19)20/h3-4,7H,5-6,8H2,1-2H3,(H,16,18)(H,19,20). The highest BCUT2D eigenvalue weighted by Gasteiger charge is 2.21. The molecule has 8 heteroatoms. The Morgan fingerprint density at radius 2 is 2.05 bits per heavy atom. The van der Waals surface area contributed by atoms with Crippen LogP contribution in [0.25, 0.3) is 0 Å². The van der Waals surface area contributed by atoms with Crippen molar-refractivity contribution in [2.45, 2.75) is 6.92 Å². The first-order chi connectivity index (χ1) is 10.3. The van der Waals surface area contributed by atoms with Crippen molar-refractivity contribution in [1.82, 2.24) is 4.90 Å². The largest absolute Gasteiger partial charge is 0.480 e. The van der Waals surface area contributed by atoms with Crippen LogP contribution in [0.15, 0.2) is 18.2 Å². The average molecular weight is 312 g/mol. The number of carboxylic acid groups (broad SMARTS) is 1. The lowest BCUT2D eigenvalue weighted by atomic mass is 10.1. The molecule has 0 unspecified atom stereocenters. The number of carbonyl (C=O) groups is 3. The van der Waals surface area contributed by atoms with Crippen LogP contribution in [-0.4, -0.2) is 54.6 Å². The van der Waals surface area contributed by atoms with E-state index >= 15 is 0 Å². The Bertz CT molecular complexity index is 576. The van der Waals surface area contributed by atoms with Crippen molar-refractivity contribution in [2.75, 3.05) is 32.1 Å². The normalized spacial score (nSPS) is 10.1. The molecule has 0 atom stereocenters. The van der Waals surface area contributed by atoms with Gasteiger partial charge in [0, 0.05) is 26.3 Å². The molecule has 0 aliphatic heterocycles. The number of hydrogen-bond acceptors (Lipinski definition) is 4. The van der Waals surface area contributed by atoms with Gasteiger partial charge in [0.2, 0.25) is 5.91 Å². The molecule has 0 saturated carbocycles. The molecule has 0 saturated heterocycles. The second-order valence-electron chi connectivity index (χ2n) is 4.49. The van der Waals surface area contributed by atoms with Gasteiger partial charge in [-0.25, -0.2) is 4.39 Å². The van der Waals surface area contributed by atoms with E-state index < -0.39 is 24.2 Å². The Hall–Kier alpha value is -2.48. The van der Waals surface area contributed by atoms with Gasteiger partial charge in [0.1, 0.15) is 12.4 Å². The molecule has 0 bridgehead atoms. The van der Waals surface area contributed by atoms with E-state index in [9.17, 15) is 18.8 Å². The summed E-state index contributed by atoms with van der Waals surface area (Å²) < 4.78 is 18.6.